The summed E-state index contributed by atoms with van der Waals surface area (Å²) in [5.41, 5.74) is 5.60. The highest BCUT2D eigenvalue weighted by molar-refractivity contribution is 5.54. The predicted molar refractivity (Wildman–Crippen MR) is 55.8 cm³/mol. The van der Waals surface area contributed by atoms with Crippen LogP contribution < -0.4 is 11.1 Å². The van der Waals surface area contributed by atoms with E-state index in [1.807, 2.05) is 0 Å². The molecule has 1 rings (SSSR count). The summed E-state index contributed by atoms with van der Waals surface area (Å²) in [7, 11) is 0. The molecule has 0 aromatic carbocycles. The number of rotatable bonds is 5. The number of nitrogens with one attached hydrogen (secondary N) is 1. The van der Waals surface area contributed by atoms with Gasteiger partial charge >= 0.3 is 0 Å². The summed E-state index contributed by atoms with van der Waals surface area (Å²) in [6.07, 6.45) is 3.92. The number of hydrogen-bond acceptors (Lipinski definition) is 5. The van der Waals surface area contributed by atoms with Gasteiger partial charge in [0.25, 0.3) is 0 Å². The molecule has 4 N–H and O–H groups in total. The van der Waals surface area contributed by atoms with Crippen molar-refractivity contribution in [2.45, 2.75) is 13.3 Å². The lowest BCUT2D eigenvalue weighted by Crippen LogP contribution is -2.14. The predicted octanol–water partition coefficient (Wildman–Crippen LogP) is 0.489. The highest BCUT2D eigenvalue weighted by Gasteiger charge is 2.03. The third-order valence-electron chi connectivity index (χ3n) is 1.97. The third-order valence-corrected chi connectivity index (χ3v) is 1.97. The Morgan fingerprint density at radius 3 is 2.86 bits per heavy atom. The van der Waals surface area contributed by atoms with E-state index in [4.69, 9.17) is 10.8 Å². The SMILES string of the molecule is CC(CCO)CNc1nccnc1N. The Morgan fingerprint density at radius 2 is 2.21 bits per heavy atom. The molecular weight excluding hydrogens is 180 g/mol. The summed E-state index contributed by atoms with van der Waals surface area (Å²) < 4.78 is 0. The molecule has 5 nitrogen and oxygen atoms in total. The van der Waals surface area contributed by atoms with E-state index in [9.17, 15) is 0 Å². The number of hydrogen-bond donors (Lipinski definition) is 3. The van der Waals surface area contributed by atoms with Gasteiger partial charge in [-0.3, -0.25) is 0 Å². The van der Waals surface area contributed by atoms with Crippen molar-refractivity contribution in [2.75, 3.05) is 24.2 Å². The molecule has 1 aromatic heterocycles. The van der Waals surface area contributed by atoms with Gasteiger partial charge in [0.05, 0.1) is 0 Å². The lowest BCUT2D eigenvalue weighted by Gasteiger charge is -2.11. The van der Waals surface area contributed by atoms with Crippen LogP contribution in [-0.4, -0.2) is 28.2 Å². The summed E-state index contributed by atoms with van der Waals surface area (Å²) in [4.78, 5) is 7.96. The minimum absolute atomic E-state index is 0.207. The summed E-state index contributed by atoms with van der Waals surface area (Å²) in [5, 5.41) is 11.8. The van der Waals surface area contributed by atoms with E-state index in [0.717, 1.165) is 13.0 Å². The molecule has 0 aliphatic rings. The van der Waals surface area contributed by atoms with Gasteiger partial charge in [0.2, 0.25) is 0 Å². The van der Waals surface area contributed by atoms with Crippen molar-refractivity contribution >= 4 is 11.6 Å². The molecule has 0 saturated carbocycles. The zero-order valence-electron chi connectivity index (χ0n) is 8.27. The molecule has 0 aliphatic heterocycles. The number of nitrogens with zero attached hydrogens (tertiary/aromatic N) is 2. The minimum atomic E-state index is 0.207. The van der Waals surface area contributed by atoms with Crippen LogP contribution in [0.2, 0.25) is 0 Å². The van der Waals surface area contributed by atoms with Crippen LogP contribution in [0.5, 0.6) is 0 Å². The molecule has 0 amide bonds. The highest BCUT2D eigenvalue weighted by atomic mass is 16.3. The van der Waals surface area contributed by atoms with Gasteiger partial charge in [0.15, 0.2) is 11.6 Å². The molecule has 78 valence electrons. The maximum absolute atomic E-state index is 8.71. The summed E-state index contributed by atoms with van der Waals surface area (Å²) in [5.74, 6) is 1.40. The Balaban J connectivity index is 2.41. The van der Waals surface area contributed by atoms with Crippen LogP contribution in [0.25, 0.3) is 0 Å². The lowest BCUT2D eigenvalue weighted by molar-refractivity contribution is 0.266. The molecule has 0 saturated heterocycles. The Labute approximate surface area is 83.4 Å². The van der Waals surface area contributed by atoms with Crippen molar-refractivity contribution in [1.82, 2.24) is 9.97 Å². The molecule has 14 heavy (non-hydrogen) atoms. The number of aromatic nitrogens is 2. The maximum atomic E-state index is 8.71. The first kappa shape index (κ1) is 10.7. The number of anilines is 2. The minimum Gasteiger partial charge on any atom is -0.396 e. The Morgan fingerprint density at radius 1 is 1.50 bits per heavy atom. The van der Waals surface area contributed by atoms with E-state index < -0.39 is 0 Å². The van der Waals surface area contributed by atoms with E-state index in [1.165, 1.54) is 0 Å². The van der Waals surface area contributed by atoms with Crippen LogP contribution in [0, 0.1) is 5.92 Å². The van der Waals surface area contributed by atoms with Gasteiger partial charge in [0, 0.05) is 25.5 Å². The second kappa shape index (κ2) is 5.39. The van der Waals surface area contributed by atoms with E-state index in [2.05, 4.69) is 22.2 Å². The van der Waals surface area contributed by atoms with Gasteiger partial charge in [-0.2, -0.15) is 0 Å². The van der Waals surface area contributed by atoms with Crippen LogP contribution in [0.15, 0.2) is 12.4 Å². The number of aliphatic hydroxyl groups excluding tert-OH is 1. The second-order valence-electron chi connectivity index (χ2n) is 3.29. The van der Waals surface area contributed by atoms with Gasteiger partial charge in [-0.05, 0) is 12.3 Å². The smallest absolute Gasteiger partial charge is 0.168 e. The third kappa shape index (κ3) is 3.18. The second-order valence-corrected chi connectivity index (χ2v) is 3.29. The fourth-order valence-electron chi connectivity index (χ4n) is 1.08. The first-order valence-electron chi connectivity index (χ1n) is 4.65. The van der Waals surface area contributed by atoms with E-state index in [0.29, 0.717) is 17.6 Å². The molecule has 0 aliphatic carbocycles. The van der Waals surface area contributed by atoms with Crippen LogP contribution >= 0.6 is 0 Å². The molecule has 1 unspecified atom stereocenters. The van der Waals surface area contributed by atoms with Crippen molar-refractivity contribution in [1.29, 1.82) is 0 Å². The van der Waals surface area contributed by atoms with Gasteiger partial charge in [-0.1, -0.05) is 6.92 Å². The quantitative estimate of drug-likeness (QED) is 0.638. The molecule has 1 aromatic rings. The monoisotopic (exact) mass is 196 g/mol. The van der Waals surface area contributed by atoms with Crippen molar-refractivity contribution in [3.05, 3.63) is 12.4 Å². The zero-order chi connectivity index (χ0) is 10.4. The summed E-state index contributed by atoms with van der Waals surface area (Å²) in [6, 6.07) is 0. The largest absolute Gasteiger partial charge is 0.396 e. The van der Waals surface area contributed by atoms with E-state index in [1.54, 1.807) is 12.4 Å². The Hall–Kier alpha value is -1.36. The number of nitrogens with two attached hydrogens (primary N) is 1. The molecule has 0 radical (unpaired) electrons. The summed E-state index contributed by atoms with van der Waals surface area (Å²) >= 11 is 0. The van der Waals surface area contributed by atoms with Gasteiger partial charge in [-0.15, -0.1) is 0 Å². The molecule has 0 bridgehead atoms. The number of nitrogen functional groups attached to an aromatic ring is 1. The van der Waals surface area contributed by atoms with Crippen molar-refractivity contribution in [3.63, 3.8) is 0 Å². The van der Waals surface area contributed by atoms with Crippen LogP contribution in [0.3, 0.4) is 0 Å². The fraction of sp³-hybridized carbons (Fsp3) is 0.556. The van der Waals surface area contributed by atoms with Crippen LogP contribution in [0.4, 0.5) is 11.6 Å². The van der Waals surface area contributed by atoms with Crippen molar-refractivity contribution in [2.24, 2.45) is 5.92 Å². The molecule has 0 spiro atoms. The first-order chi connectivity index (χ1) is 6.74. The van der Waals surface area contributed by atoms with Gasteiger partial charge in [-0.25, -0.2) is 9.97 Å². The van der Waals surface area contributed by atoms with Crippen LogP contribution in [0.1, 0.15) is 13.3 Å². The van der Waals surface area contributed by atoms with Gasteiger partial charge in [0.1, 0.15) is 0 Å². The maximum Gasteiger partial charge on any atom is 0.168 e. The molecule has 1 heterocycles. The average molecular weight is 196 g/mol. The fourth-order valence-corrected chi connectivity index (χ4v) is 1.08. The highest BCUT2D eigenvalue weighted by Crippen LogP contribution is 2.10. The molecule has 0 fully saturated rings. The van der Waals surface area contributed by atoms with Gasteiger partial charge < -0.3 is 16.2 Å². The molecular formula is C9H16N4O. The van der Waals surface area contributed by atoms with E-state index in [-0.39, 0.29) is 6.61 Å². The van der Waals surface area contributed by atoms with Crippen LogP contribution in [-0.2, 0) is 0 Å². The standard InChI is InChI=1S/C9H16N4O/c1-7(2-5-14)6-13-9-8(10)11-3-4-12-9/h3-4,7,14H,2,5-6H2,1H3,(H2,10,11)(H,12,13). The number of aliphatic hydroxyl groups is 1. The lowest BCUT2D eigenvalue weighted by atomic mass is 10.1. The average Bonchev–Trinajstić information content (AvgIpc) is 2.17. The normalized spacial score (nSPS) is 12.4. The van der Waals surface area contributed by atoms with E-state index >= 15 is 0 Å². The topological polar surface area (TPSA) is 84.1 Å². The summed E-state index contributed by atoms with van der Waals surface area (Å²) in [6.45, 7) is 3.00. The van der Waals surface area contributed by atoms with Crippen molar-refractivity contribution < 1.29 is 5.11 Å². The molecule has 1 atom stereocenters. The zero-order valence-corrected chi connectivity index (χ0v) is 8.27. The first-order valence-corrected chi connectivity index (χ1v) is 4.65. The van der Waals surface area contributed by atoms with Crippen molar-refractivity contribution in [3.8, 4) is 0 Å². The molecule has 5 heteroatoms. The Bertz CT molecular complexity index is 279. The Kier molecular flexibility index (Phi) is 4.12.